The summed E-state index contributed by atoms with van der Waals surface area (Å²) in [5.41, 5.74) is 6.33. The number of nitrogens with zero attached hydrogens (tertiary/aromatic N) is 2. The molecule has 84 valence electrons. The minimum Gasteiger partial charge on any atom is -0.453 e. The molecule has 2 aromatic rings. The molecule has 0 bridgehead atoms. The van der Waals surface area contributed by atoms with Crippen LogP contribution >= 0.6 is 11.6 Å². The van der Waals surface area contributed by atoms with Crippen LogP contribution in [0.5, 0.6) is 11.5 Å². The number of aromatic nitrogens is 1. The average Bonchev–Trinajstić information content (AvgIpc) is 2.33. The number of nitriles is 1. The molecule has 0 atom stereocenters. The van der Waals surface area contributed by atoms with E-state index in [1.807, 2.05) is 6.07 Å². The van der Waals surface area contributed by atoms with Crippen molar-refractivity contribution >= 4 is 17.3 Å². The highest BCUT2D eigenvalue weighted by Crippen LogP contribution is 2.31. The van der Waals surface area contributed by atoms with Crippen LogP contribution in [0.25, 0.3) is 0 Å². The number of nitrogens with two attached hydrogens (primary N) is 1. The zero-order valence-corrected chi connectivity index (χ0v) is 9.48. The molecular weight excluding hydrogens is 238 g/mol. The molecule has 0 saturated carbocycles. The Labute approximate surface area is 103 Å². The summed E-state index contributed by atoms with van der Waals surface area (Å²) >= 11 is 5.97. The van der Waals surface area contributed by atoms with Gasteiger partial charge in [-0.2, -0.15) is 5.26 Å². The predicted octanol–water partition coefficient (Wildman–Crippen LogP) is 2.98. The fourth-order valence-corrected chi connectivity index (χ4v) is 1.50. The van der Waals surface area contributed by atoms with Crippen molar-refractivity contribution < 1.29 is 4.74 Å². The third-order valence-corrected chi connectivity index (χ3v) is 2.35. The first kappa shape index (κ1) is 11.2. The van der Waals surface area contributed by atoms with E-state index < -0.39 is 0 Å². The van der Waals surface area contributed by atoms with Crippen LogP contribution in [0.2, 0.25) is 5.02 Å². The van der Waals surface area contributed by atoms with Gasteiger partial charge in [0.05, 0.1) is 5.02 Å². The summed E-state index contributed by atoms with van der Waals surface area (Å²) in [5, 5.41) is 9.25. The summed E-state index contributed by atoms with van der Waals surface area (Å²) in [6.07, 6.45) is 1.52. The fourth-order valence-electron chi connectivity index (χ4n) is 1.28. The first-order valence-electron chi connectivity index (χ1n) is 4.78. The summed E-state index contributed by atoms with van der Waals surface area (Å²) in [5.74, 6) is 0.798. The van der Waals surface area contributed by atoms with Crippen molar-refractivity contribution in [2.24, 2.45) is 0 Å². The molecule has 1 aromatic heterocycles. The molecule has 2 N–H and O–H groups in total. The highest BCUT2D eigenvalue weighted by atomic mass is 35.5. The SMILES string of the molecule is N#Cc1ncccc1Oc1ccc(N)cc1Cl. The smallest absolute Gasteiger partial charge is 0.183 e. The second-order valence-corrected chi connectivity index (χ2v) is 3.66. The molecule has 0 aliphatic heterocycles. The van der Waals surface area contributed by atoms with Crippen molar-refractivity contribution in [1.29, 1.82) is 5.26 Å². The minimum absolute atomic E-state index is 0.209. The van der Waals surface area contributed by atoms with Gasteiger partial charge in [0.1, 0.15) is 11.8 Å². The second-order valence-electron chi connectivity index (χ2n) is 3.25. The van der Waals surface area contributed by atoms with Crippen LogP contribution in [-0.4, -0.2) is 4.98 Å². The van der Waals surface area contributed by atoms with E-state index in [1.54, 1.807) is 30.3 Å². The Morgan fingerprint density at radius 1 is 1.29 bits per heavy atom. The van der Waals surface area contributed by atoms with Gasteiger partial charge in [-0.25, -0.2) is 4.98 Å². The Balaban J connectivity index is 2.35. The Kier molecular flexibility index (Phi) is 3.12. The number of rotatable bonds is 2. The van der Waals surface area contributed by atoms with Crippen LogP contribution in [0.15, 0.2) is 36.5 Å². The molecule has 0 saturated heterocycles. The molecule has 0 unspecified atom stereocenters. The molecule has 0 amide bonds. The summed E-state index contributed by atoms with van der Waals surface area (Å²) in [6.45, 7) is 0. The van der Waals surface area contributed by atoms with Crippen LogP contribution in [-0.2, 0) is 0 Å². The van der Waals surface area contributed by atoms with Gasteiger partial charge in [-0.3, -0.25) is 0 Å². The zero-order chi connectivity index (χ0) is 12.3. The molecule has 2 rings (SSSR count). The van der Waals surface area contributed by atoms with E-state index in [0.29, 0.717) is 22.2 Å². The molecule has 0 radical (unpaired) electrons. The number of anilines is 1. The third kappa shape index (κ3) is 2.47. The number of hydrogen-bond acceptors (Lipinski definition) is 4. The normalized spacial score (nSPS) is 9.65. The summed E-state index contributed by atoms with van der Waals surface area (Å²) in [4.78, 5) is 3.89. The largest absolute Gasteiger partial charge is 0.453 e. The van der Waals surface area contributed by atoms with E-state index in [0.717, 1.165) is 0 Å². The van der Waals surface area contributed by atoms with Crippen LogP contribution in [0.4, 0.5) is 5.69 Å². The van der Waals surface area contributed by atoms with Gasteiger partial charge in [-0.1, -0.05) is 11.6 Å². The average molecular weight is 246 g/mol. The third-order valence-electron chi connectivity index (χ3n) is 2.05. The Bertz CT molecular complexity index is 593. The highest BCUT2D eigenvalue weighted by Gasteiger charge is 2.07. The fraction of sp³-hybridized carbons (Fsp3) is 0. The number of ether oxygens (including phenoxy) is 1. The van der Waals surface area contributed by atoms with Crippen molar-refractivity contribution in [3.63, 3.8) is 0 Å². The van der Waals surface area contributed by atoms with E-state index in [1.165, 1.54) is 6.20 Å². The van der Waals surface area contributed by atoms with Crippen LogP contribution in [0, 0.1) is 11.3 Å². The van der Waals surface area contributed by atoms with Gasteiger partial charge >= 0.3 is 0 Å². The Morgan fingerprint density at radius 3 is 2.82 bits per heavy atom. The van der Waals surface area contributed by atoms with E-state index in [2.05, 4.69) is 4.98 Å². The van der Waals surface area contributed by atoms with Crippen molar-refractivity contribution in [2.75, 3.05) is 5.73 Å². The van der Waals surface area contributed by atoms with Crippen molar-refractivity contribution in [3.05, 3.63) is 47.2 Å². The van der Waals surface area contributed by atoms with Gasteiger partial charge in [0.25, 0.3) is 0 Å². The summed E-state index contributed by atoms with van der Waals surface area (Å²) < 4.78 is 5.51. The topological polar surface area (TPSA) is 71.9 Å². The molecule has 17 heavy (non-hydrogen) atoms. The minimum atomic E-state index is 0.209. The lowest BCUT2D eigenvalue weighted by atomic mass is 10.3. The molecule has 0 fully saturated rings. The quantitative estimate of drug-likeness (QED) is 0.826. The van der Waals surface area contributed by atoms with Gasteiger partial charge in [0.2, 0.25) is 0 Å². The summed E-state index contributed by atoms with van der Waals surface area (Å²) in [6, 6.07) is 10.2. The molecule has 5 heteroatoms. The van der Waals surface area contributed by atoms with Gasteiger partial charge in [-0.15, -0.1) is 0 Å². The Morgan fingerprint density at radius 2 is 2.12 bits per heavy atom. The van der Waals surface area contributed by atoms with E-state index >= 15 is 0 Å². The second kappa shape index (κ2) is 4.73. The maximum atomic E-state index is 8.86. The van der Waals surface area contributed by atoms with E-state index in [4.69, 9.17) is 27.3 Å². The maximum absolute atomic E-state index is 8.86. The van der Waals surface area contributed by atoms with Gasteiger partial charge in [-0.05, 0) is 30.3 Å². The number of hydrogen-bond donors (Lipinski definition) is 1. The van der Waals surface area contributed by atoms with Crippen LogP contribution < -0.4 is 10.5 Å². The molecule has 1 heterocycles. The number of halogens is 1. The van der Waals surface area contributed by atoms with Gasteiger partial charge in [0, 0.05) is 11.9 Å². The van der Waals surface area contributed by atoms with Crippen LogP contribution in [0.1, 0.15) is 5.69 Å². The lowest BCUT2D eigenvalue weighted by Gasteiger charge is -2.08. The Hall–Kier alpha value is -2.25. The lowest BCUT2D eigenvalue weighted by Crippen LogP contribution is -1.92. The lowest BCUT2D eigenvalue weighted by molar-refractivity contribution is 0.478. The molecular formula is C12H8ClN3O. The predicted molar refractivity (Wildman–Crippen MR) is 64.9 cm³/mol. The molecule has 0 spiro atoms. The first-order valence-corrected chi connectivity index (χ1v) is 5.16. The summed E-state index contributed by atoms with van der Waals surface area (Å²) in [7, 11) is 0. The van der Waals surface area contributed by atoms with Crippen LogP contribution in [0.3, 0.4) is 0 Å². The van der Waals surface area contributed by atoms with E-state index in [-0.39, 0.29) is 5.69 Å². The number of pyridine rings is 1. The number of benzene rings is 1. The van der Waals surface area contributed by atoms with Gasteiger partial charge < -0.3 is 10.5 Å². The van der Waals surface area contributed by atoms with Crippen molar-refractivity contribution in [1.82, 2.24) is 4.98 Å². The molecule has 0 aliphatic carbocycles. The zero-order valence-electron chi connectivity index (χ0n) is 8.72. The monoisotopic (exact) mass is 245 g/mol. The van der Waals surface area contributed by atoms with Gasteiger partial charge in [0.15, 0.2) is 11.4 Å². The molecule has 4 nitrogen and oxygen atoms in total. The maximum Gasteiger partial charge on any atom is 0.183 e. The first-order chi connectivity index (χ1) is 8.20. The number of nitrogen functional groups attached to an aromatic ring is 1. The van der Waals surface area contributed by atoms with Crippen molar-refractivity contribution in [2.45, 2.75) is 0 Å². The highest BCUT2D eigenvalue weighted by molar-refractivity contribution is 6.32. The van der Waals surface area contributed by atoms with E-state index in [9.17, 15) is 0 Å². The van der Waals surface area contributed by atoms with Crippen molar-refractivity contribution in [3.8, 4) is 17.6 Å². The molecule has 1 aromatic carbocycles. The standard InChI is InChI=1S/C12H8ClN3O/c13-9-6-8(15)3-4-11(9)17-12-2-1-5-16-10(12)7-14/h1-6H,15H2. The molecule has 0 aliphatic rings.